The van der Waals surface area contributed by atoms with Crippen LogP contribution in [0.3, 0.4) is 0 Å². The van der Waals surface area contributed by atoms with Crippen molar-refractivity contribution in [1.82, 2.24) is 0 Å². The minimum absolute atomic E-state index is 0.979. The minimum atomic E-state index is 0.979. The molecule has 0 saturated heterocycles. The molecule has 0 amide bonds. The fourth-order valence-electron chi connectivity index (χ4n) is 3.36. The van der Waals surface area contributed by atoms with E-state index in [1.807, 2.05) is 0 Å². The van der Waals surface area contributed by atoms with Crippen LogP contribution in [0.15, 0.2) is 84.9 Å². The maximum atomic E-state index is 2.49. The summed E-state index contributed by atoms with van der Waals surface area (Å²) in [6, 6.07) is 30.0. The Hall–Kier alpha value is -2.94. The van der Waals surface area contributed by atoms with Crippen LogP contribution in [0.5, 0.6) is 0 Å². The summed E-state index contributed by atoms with van der Waals surface area (Å²) in [6.07, 6.45) is 0. The highest BCUT2D eigenvalue weighted by molar-refractivity contribution is 5.51. The number of anilines is 3. The van der Waals surface area contributed by atoms with E-state index in [1.165, 1.54) is 22.6 Å². The van der Waals surface area contributed by atoms with E-state index in [9.17, 15) is 0 Å². The number of benzene rings is 3. The zero-order valence-electron chi connectivity index (χ0n) is 17.3. The molecule has 0 unspecified atom stereocenters. The third kappa shape index (κ3) is 5.53. The van der Waals surface area contributed by atoms with Gasteiger partial charge in [-0.1, -0.05) is 48.5 Å². The lowest BCUT2D eigenvalue weighted by molar-refractivity contribution is 0.743. The monoisotopic (exact) mass is 373 g/mol. The smallest absolute Gasteiger partial charge is 0.0370 e. The maximum Gasteiger partial charge on any atom is 0.0370 e. The molecule has 0 aliphatic heterocycles. The molecule has 0 aliphatic rings. The van der Waals surface area contributed by atoms with E-state index in [1.54, 1.807) is 0 Å². The highest BCUT2D eigenvalue weighted by Crippen LogP contribution is 2.18. The van der Waals surface area contributed by atoms with Crippen LogP contribution in [-0.4, -0.2) is 40.3 Å². The second-order valence-corrected chi connectivity index (χ2v) is 7.34. The summed E-state index contributed by atoms with van der Waals surface area (Å²) in [5, 5.41) is 0. The van der Waals surface area contributed by atoms with Gasteiger partial charge in [0.25, 0.3) is 0 Å². The van der Waals surface area contributed by atoms with E-state index in [2.05, 4.69) is 121 Å². The van der Waals surface area contributed by atoms with Crippen LogP contribution in [0.4, 0.5) is 17.1 Å². The SMILES string of the molecule is Cc1cccc(N(CCN(C)c2ccccc2)CCN(C)c2ccccc2)c1. The molecule has 0 fully saturated rings. The molecule has 28 heavy (non-hydrogen) atoms. The Morgan fingerprint density at radius 1 is 0.536 bits per heavy atom. The molecule has 0 radical (unpaired) electrons. The summed E-state index contributed by atoms with van der Waals surface area (Å²) in [4.78, 5) is 7.14. The van der Waals surface area contributed by atoms with Gasteiger partial charge in [0.05, 0.1) is 0 Å². The van der Waals surface area contributed by atoms with Crippen LogP contribution in [0, 0.1) is 6.92 Å². The summed E-state index contributed by atoms with van der Waals surface area (Å²) >= 11 is 0. The van der Waals surface area contributed by atoms with Crippen molar-refractivity contribution in [3.63, 3.8) is 0 Å². The average molecular weight is 374 g/mol. The van der Waals surface area contributed by atoms with E-state index < -0.39 is 0 Å². The summed E-state index contributed by atoms with van der Waals surface area (Å²) in [6.45, 7) is 6.09. The highest BCUT2D eigenvalue weighted by atomic mass is 15.2. The van der Waals surface area contributed by atoms with Gasteiger partial charge in [-0.15, -0.1) is 0 Å². The molecule has 0 saturated carbocycles. The maximum absolute atomic E-state index is 2.49. The van der Waals surface area contributed by atoms with Crippen molar-refractivity contribution >= 4 is 17.1 Å². The quantitative estimate of drug-likeness (QED) is 0.518. The number of likely N-dealkylation sites (N-methyl/N-ethyl adjacent to an activating group) is 2. The Morgan fingerprint density at radius 3 is 1.46 bits per heavy atom. The summed E-state index contributed by atoms with van der Waals surface area (Å²) < 4.78 is 0. The van der Waals surface area contributed by atoms with Gasteiger partial charge in [0.15, 0.2) is 0 Å². The summed E-state index contributed by atoms with van der Waals surface area (Å²) in [7, 11) is 4.33. The molecule has 3 heteroatoms. The van der Waals surface area contributed by atoms with Gasteiger partial charge in [-0.2, -0.15) is 0 Å². The number of para-hydroxylation sites is 2. The van der Waals surface area contributed by atoms with Crippen LogP contribution >= 0.6 is 0 Å². The molecule has 0 spiro atoms. The normalized spacial score (nSPS) is 10.5. The van der Waals surface area contributed by atoms with Crippen LogP contribution in [0.1, 0.15) is 5.56 Å². The van der Waals surface area contributed by atoms with E-state index in [0.29, 0.717) is 0 Å². The highest BCUT2D eigenvalue weighted by Gasteiger charge is 2.10. The van der Waals surface area contributed by atoms with Gasteiger partial charge in [0.1, 0.15) is 0 Å². The summed E-state index contributed by atoms with van der Waals surface area (Å²) in [5.74, 6) is 0. The van der Waals surface area contributed by atoms with Crippen LogP contribution in [-0.2, 0) is 0 Å². The Labute approximate surface area is 169 Å². The molecule has 3 nitrogen and oxygen atoms in total. The van der Waals surface area contributed by atoms with Gasteiger partial charge in [0.2, 0.25) is 0 Å². The van der Waals surface area contributed by atoms with Gasteiger partial charge >= 0.3 is 0 Å². The first-order valence-corrected chi connectivity index (χ1v) is 9.97. The van der Waals surface area contributed by atoms with Crippen LogP contribution in [0.25, 0.3) is 0 Å². The molecule has 146 valence electrons. The van der Waals surface area contributed by atoms with Crippen molar-refractivity contribution in [3.05, 3.63) is 90.5 Å². The molecule has 0 atom stereocenters. The van der Waals surface area contributed by atoms with E-state index in [-0.39, 0.29) is 0 Å². The number of aryl methyl sites for hydroxylation is 1. The Kier molecular flexibility index (Phi) is 6.96. The zero-order valence-corrected chi connectivity index (χ0v) is 17.3. The number of rotatable bonds is 9. The lowest BCUT2D eigenvalue weighted by Gasteiger charge is -2.31. The minimum Gasteiger partial charge on any atom is -0.373 e. The fraction of sp³-hybridized carbons (Fsp3) is 0.280. The predicted molar refractivity (Wildman–Crippen MR) is 123 cm³/mol. The van der Waals surface area contributed by atoms with Crippen LogP contribution < -0.4 is 14.7 Å². The molecule has 3 rings (SSSR count). The standard InChI is InChI=1S/C25H31N3/c1-22-11-10-16-25(21-22)28(19-17-26(2)23-12-6-4-7-13-23)20-18-27(3)24-14-8-5-9-15-24/h4-16,21H,17-20H2,1-3H3. The van der Waals surface area contributed by atoms with Crippen molar-refractivity contribution < 1.29 is 0 Å². The molecular formula is C25H31N3. The van der Waals surface area contributed by atoms with Crippen molar-refractivity contribution in [1.29, 1.82) is 0 Å². The fourth-order valence-corrected chi connectivity index (χ4v) is 3.36. The second kappa shape index (κ2) is 9.84. The Balaban J connectivity index is 1.67. The zero-order chi connectivity index (χ0) is 19.8. The van der Waals surface area contributed by atoms with Gasteiger partial charge in [0, 0.05) is 57.3 Å². The molecular weight excluding hydrogens is 342 g/mol. The van der Waals surface area contributed by atoms with Gasteiger partial charge in [-0.25, -0.2) is 0 Å². The van der Waals surface area contributed by atoms with E-state index in [4.69, 9.17) is 0 Å². The predicted octanol–water partition coefficient (Wildman–Crippen LogP) is 5.07. The van der Waals surface area contributed by atoms with Crippen molar-refractivity contribution in [3.8, 4) is 0 Å². The van der Waals surface area contributed by atoms with Crippen molar-refractivity contribution in [2.45, 2.75) is 6.92 Å². The molecule has 3 aromatic rings. The molecule has 0 bridgehead atoms. The first-order valence-electron chi connectivity index (χ1n) is 9.97. The largest absolute Gasteiger partial charge is 0.373 e. The topological polar surface area (TPSA) is 9.72 Å². The Morgan fingerprint density at radius 2 is 1.00 bits per heavy atom. The number of hydrogen-bond donors (Lipinski definition) is 0. The molecule has 3 aromatic carbocycles. The lowest BCUT2D eigenvalue weighted by Crippen LogP contribution is -2.38. The first-order chi connectivity index (χ1) is 13.6. The number of hydrogen-bond acceptors (Lipinski definition) is 3. The summed E-state index contributed by atoms with van der Waals surface area (Å²) in [5.41, 5.74) is 5.11. The van der Waals surface area contributed by atoms with E-state index in [0.717, 1.165) is 26.2 Å². The van der Waals surface area contributed by atoms with Gasteiger partial charge in [-0.05, 0) is 48.9 Å². The van der Waals surface area contributed by atoms with E-state index >= 15 is 0 Å². The van der Waals surface area contributed by atoms with Crippen molar-refractivity contribution in [2.75, 3.05) is 55.0 Å². The molecule has 0 aromatic heterocycles. The van der Waals surface area contributed by atoms with Crippen molar-refractivity contribution in [2.24, 2.45) is 0 Å². The van der Waals surface area contributed by atoms with Gasteiger partial charge < -0.3 is 14.7 Å². The average Bonchev–Trinajstić information content (AvgIpc) is 2.74. The molecule has 0 aliphatic carbocycles. The molecule has 0 N–H and O–H groups in total. The lowest BCUT2D eigenvalue weighted by atomic mass is 10.2. The third-order valence-electron chi connectivity index (χ3n) is 5.17. The first kappa shape index (κ1) is 19.8. The molecule has 0 heterocycles. The van der Waals surface area contributed by atoms with Gasteiger partial charge in [-0.3, -0.25) is 0 Å². The third-order valence-corrected chi connectivity index (χ3v) is 5.17. The van der Waals surface area contributed by atoms with Crippen LogP contribution in [0.2, 0.25) is 0 Å². The second-order valence-electron chi connectivity index (χ2n) is 7.34. The number of nitrogens with zero attached hydrogens (tertiary/aromatic N) is 3. The Bertz CT molecular complexity index is 783.